The Morgan fingerprint density at radius 1 is 1.48 bits per heavy atom. The smallest absolute Gasteiger partial charge is 0.244 e. The van der Waals surface area contributed by atoms with Gasteiger partial charge in [0.1, 0.15) is 11.7 Å². The fourth-order valence-electron chi connectivity index (χ4n) is 2.89. The van der Waals surface area contributed by atoms with Gasteiger partial charge in [-0.25, -0.2) is 0 Å². The Labute approximate surface area is 132 Å². The Bertz CT molecular complexity index is 589. The Kier molecular flexibility index (Phi) is 4.08. The number of rotatable bonds is 5. The van der Waals surface area contributed by atoms with Gasteiger partial charge in [-0.3, -0.25) is 14.3 Å². The first-order chi connectivity index (χ1) is 10.0. The van der Waals surface area contributed by atoms with Gasteiger partial charge in [-0.2, -0.15) is 0 Å². The zero-order valence-electron chi connectivity index (χ0n) is 12.0. The highest BCUT2D eigenvalue weighted by atomic mass is 35.5. The number of nitrogens with zero attached hydrogens (tertiary/aromatic N) is 1. The third-order valence-corrected chi connectivity index (χ3v) is 5.24. The summed E-state index contributed by atoms with van der Waals surface area (Å²) in [6.45, 7) is 0.629. The SMILES string of the molecule is CS(=O)CCCN1C(=O)C2(CC2)NC1c1cccc(Cl)c1. The van der Waals surface area contributed by atoms with E-state index < -0.39 is 10.8 Å². The van der Waals surface area contributed by atoms with E-state index in [4.69, 9.17) is 11.6 Å². The van der Waals surface area contributed by atoms with Crippen LogP contribution >= 0.6 is 11.6 Å². The van der Waals surface area contributed by atoms with Crippen LogP contribution in [0.3, 0.4) is 0 Å². The molecule has 0 aromatic heterocycles. The maximum atomic E-state index is 12.6. The second-order valence-corrected chi connectivity index (χ2v) is 7.80. The van der Waals surface area contributed by atoms with Crippen molar-refractivity contribution in [1.82, 2.24) is 10.2 Å². The molecule has 2 unspecified atom stereocenters. The van der Waals surface area contributed by atoms with Crippen LogP contribution in [0.4, 0.5) is 0 Å². The van der Waals surface area contributed by atoms with Crippen LogP contribution in [0.2, 0.25) is 5.02 Å². The lowest BCUT2D eigenvalue weighted by Gasteiger charge is -2.24. The summed E-state index contributed by atoms with van der Waals surface area (Å²) in [6.07, 6.45) is 4.13. The molecule has 1 spiro atoms. The molecule has 4 nitrogen and oxygen atoms in total. The van der Waals surface area contributed by atoms with Crippen molar-refractivity contribution in [3.63, 3.8) is 0 Å². The minimum atomic E-state index is -0.819. The highest BCUT2D eigenvalue weighted by Crippen LogP contribution is 2.46. The van der Waals surface area contributed by atoms with Gasteiger partial charge in [-0.05, 0) is 37.0 Å². The summed E-state index contributed by atoms with van der Waals surface area (Å²) in [6, 6.07) is 7.63. The van der Waals surface area contributed by atoms with Gasteiger partial charge >= 0.3 is 0 Å². The molecule has 1 heterocycles. The van der Waals surface area contributed by atoms with E-state index in [1.54, 1.807) is 6.26 Å². The Balaban J connectivity index is 1.79. The van der Waals surface area contributed by atoms with E-state index in [1.165, 1.54) is 0 Å². The maximum Gasteiger partial charge on any atom is 0.244 e. The monoisotopic (exact) mass is 326 g/mol. The minimum absolute atomic E-state index is 0.121. The standard InChI is InChI=1S/C15H19ClN2O2S/c1-21(20)9-3-8-18-13(11-4-2-5-12(16)10-11)17-15(6-7-15)14(18)19/h2,4-5,10,13,17H,3,6-9H2,1H3. The predicted molar refractivity (Wildman–Crippen MR) is 84.6 cm³/mol. The van der Waals surface area contributed by atoms with Crippen molar-refractivity contribution in [1.29, 1.82) is 0 Å². The normalized spacial score (nSPS) is 24.6. The molecule has 6 heteroatoms. The summed E-state index contributed by atoms with van der Waals surface area (Å²) < 4.78 is 11.2. The third kappa shape index (κ3) is 3.00. The molecule has 1 aliphatic carbocycles. The minimum Gasteiger partial charge on any atom is -0.321 e. The molecule has 2 aliphatic rings. The Hall–Kier alpha value is -0.910. The van der Waals surface area contributed by atoms with Gasteiger partial charge < -0.3 is 4.90 Å². The first-order valence-corrected chi connectivity index (χ1v) is 9.27. The van der Waals surface area contributed by atoms with E-state index in [2.05, 4.69) is 5.32 Å². The molecule has 1 saturated heterocycles. The molecule has 0 radical (unpaired) electrons. The van der Waals surface area contributed by atoms with Crippen LogP contribution in [-0.2, 0) is 15.6 Å². The molecule has 3 rings (SSSR count). The van der Waals surface area contributed by atoms with Crippen LogP contribution in [0.1, 0.15) is 31.0 Å². The van der Waals surface area contributed by atoms with Crippen molar-refractivity contribution >= 4 is 28.3 Å². The molecule has 1 aromatic carbocycles. The lowest BCUT2D eigenvalue weighted by Crippen LogP contribution is -2.33. The van der Waals surface area contributed by atoms with Crippen LogP contribution in [0.25, 0.3) is 0 Å². The Morgan fingerprint density at radius 2 is 2.24 bits per heavy atom. The van der Waals surface area contributed by atoms with Gasteiger partial charge in [0.05, 0.1) is 0 Å². The molecule has 2 fully saturated rings. The zero-order chi connectivity index (χ0) is 15.0. The molecule has 1 saturated carbocycles. The molecular weight excluding hydrogens is 308 g/mol. The number of nitrogens with one attached hydrogen (secondary N) is 1. The molecule has 1 N–H and O–H groups in total. The number of halogens is 1. The number of hydrogen-bond donors (Lipinski definition) is 1. The summed E-state index contributed by atoms with van der Waals surface area (Å²) in [7, 11) is -0.819. The zero-order valence-corrected chi connectivity index (χ0v) is 13.5. The second-order valence-electron chi connectivity index (χ2n) is 5.81. The molecule has 114 valence electrons. The first-order valence-electron chi connectivity index (χ1n) is 7.16. The molecule has 1 aromatic rings. The van der Waals surface area contributed by atoms with E-state index in [-0.39, 0.29) is 17.6 Å². The van der Waals surface area contributed by atoms with Crippen molar-refractivity contribution in [2.24, 2.45) is 0 Å². The molecule has 21 heavy (non-hydrogen) atoms. The average molecular weight is 327 g/mol. The average Bonchev–Trinajstić information content (AvgIpc) is 3.16. The Morgan fingerprint density at radius 3 is 2.86 bits per heavy atom. The van der Waals surface area contributed by atoms with Crippen LogP contribution in [0.15, 0.2) is 24.3 Å². The largest absolute Gasteiger partial charge is 0.321 e. The molecule has 1 amide bonds. The number of hydrogen-bond acceptors (Lipinski definition) is 3. The number of carbonyl (C=O) groups excluding carboxylic acids is 1. The van der Waals surface area contributed by atoms with Crippen molar-refractivity contribution < 1.29 is 9.00 Å². The number of amides is 1. The van der Waals surface area contributed by atoms with Crippen molar-refractivity contribution in [3.05, 3.63) is 34.9 Å². The summed E-state index contributed by atoms with van der Waals surface area (Å²) in [5.74, 6) is 0.799. The van der Waals surface area contributed by atoms with Gasteiger partial charge in [0.25, 0.3) is 0 Å². The number of benzene rings is 1. The lowest BCUT2D eigenvalue weighted by atomic mass is 10.1. The van der Waals surface area contributed by atoms with E-state index in [1.807, 2.05) is 29.2 Å². The highest BCUT2D eigenvalue weighted by Gasteiger charge is 2.59. The van der Waals surface area contributed by atoms with Gasteiger partial charge in [-0.15, -0.1) is 0 Å². The van der Waals surface area contributed by atoms with E-state index in [0.29, 0.717) is 17.3 Å². The molecule has 2 atom stereocenters. The van der Waals surface area contributed by atoms with Crippen LogP contribution < -0.4 is 5.32 Å². The highest BCUT2D eigenvalue weighted by molar-refractivity contribution is 7.84. The quantitative estimate of drug-likeness (QED) is 0.901. The van der Waals surface area contributed by atoms with Crippen LogP contribution in [-0.4, -0.2) is 39.1 Å². The van der Waals surface area contributed by atoms with Gasteiger partial charge in [0, 0.05) is 34.4 Å². The van der Waals surface area contributed by atoms with Crippen LogP contribution in [0.5, 0.6) is 0 Å². The van der Waals surface area contributed by atoms with Gasteiger partial charge in [0.15, 0.2) is 0 Å². The molecule has 0 bridgehead atoms. The van der Waals surface area contributed by atoms with Gasteiger partial charge in [0.2, 0.25) is 5.91 Å². The molecular formula is C15H19ClN2O2S. The van der Waals surface area contributed by atoms with Crippen molar-refractivity contribution in [2.45, 2.75) is 31.0 Å². The maximum absolute atomic E-state index is 12.6. The van der Waals surface area contributed by atoms with E-state index in [0.717, 1.165) is 24.8 Å². The summed E-state index contributed by atoms with van der Waals surface area (Å²) in [5.41, 5.74) is 0.662. The fraction of sp³-hybridized carbons (Fsp3) is 0.533. The third-order valence-electron chi connectivity index (χ3n) is 4.14. The second kappa shape index (κ2) is 5.71. The van der Waals surface area contributed by atoms with E-state index in [9.17, 15) is 9.00 Å². The van der Waals surface area contributed by atoms with Crippen molar-refractivity contribution in [3.8, 4) is 0 Å². The first kappa shape index (κ1) is 15.0. The summed E-state index contributed by atoms with van der Waals surface area (Å²) >= 11 is 6.07. The van der Waals surface area contributed by atoms with E-state index >= 15 is 0 Å². The van der Waals surface area contributed by atoms with Crippen LogP contribution in [0, 0.1) is 0 Å². The number of carbonyl (C=O) groups is 1. The summed E-state index contributed by atoms with van der Waals surface area (Å²) in [4.78, 5) is 14.5. The van der Waals surface area contributed by atoms with Crippen molar-refractivity contribution in [2.75, 3.05) is 18.6 Å². The summed E-state index contributed by atoms with van der Waals surface area (Å²) in [5, 5.41) is 4.14. The van der Waals surface area contributed by atoms with Gasteiger partial charge in [-0.1, -0.05) is 23.7 Å². The fourth-order valence-corrected chi connectivity index (χ4v) is 3.62. The molecule has 1 aliphatic heterocycles. The lowest BCUT2D eigenvalue weighted by molar-refractivity contribution is -0.130. The topological polar surface area (TPSA) is 49.4 Å². The predicted octanol–water partition coefficient (Wildman–Crippen LogP) is 2.07.